The summed E-state index contributed by atoms with van der Waals surface area (Å²) in [6.07, 6.45) is 0. The van der Waals surface area contributed by atoms with E-state index in [0.29, 0.717) is 5.69 Å². The molecule has 3 N–H and O–H groups in total. The van der Waals surface area contributed by atoms with Crippen molar-refractivity contribution in [2.24, 2.45) is 5.14 Å². The minimum Gasteiger partial charge on any atom is -0.351 e. The van der Waals surface area contributed by atoms with Crippen molar-refractivity contribution in [1.29, 1.82) is 0 Å². The van der Waals surface area contributed by atoms with Crippen LogP contribution >= 0.6 is 0 Å². The number of nitrogens with two attached hydrogens (primary N) is 1. The second kappa shape index (κ2) is 6.59. The number of fused-ring (bicyclic) bond motifs is 1. The van der Waals surface area contributed by atoms with Crippen molar-refractivity contribution in [2.45, 2.75) is 24.8 Å². The van der Waals surface area contributed by atoms with Gasteiger partial charge in [0.25, 0.3) is 5.91 Å². The van der Waals surface area contributed by atoms with Gasteiger partial charge in [-0.3, -0.25) is 4.79 Å². The maximum absolute atomic E-state index is 12.8. The Morgan fingerprint density at radius 2 is 1.77 bits per heavy atom. The molecule has 1 amide bonds. The lowest BCUT2D eigenvalue weighted by Gasteiger charge is -2.25. The minimum atomic E-state index is -3.73. The molecular weight excluding hydrogens is 350 g/mol. The fourth-order valence-corrected chi connectivity index (χ4v) is 3.40. The second-order valence-corrected chi connectivity index (χ2v) is 8.04. The van der Waals surface area contributed by atoms with Crippen LogP contribution in [-0.2, 0) is 10.0 Å². The molecule has 3 aromatic rings. The number of carbonyl (C=O) groups excluding carboxylic acids is 1. The molecule has 0 radical (unpaired) electrons. The van der Waals surface area contributed by atoms with Crippen LogP contribution in [0.25, 0.3) is 10.9 Å². The van der Waals surface area contributed by atoms with E-state index in [9.17, 15) is 13.2 Å². The Kier molecular flexibility index (Phi) is 4.60. The van der Waals surface area contributed by atoms with Crippen LogP contribution in [0.1, 0.15) is 34.6 Å². The summed E-state index contributed by atoms with van der Waals surface area (Å²) in [5.41, 5.74) is 3.38. The van der Waals surface area contributed by atoms with E-state index in [1.807, 2.05) is 38.1 Å². The average molecular weight is 371 g/mol. The van der Waals surface area contributed by atoms with Crippen molar-refractivity contribution < 1.29 is 13.2 Å². The first-order chi connectivity index (χ1) is 12.2. The van der Waals surface area contributed by atoms with Crippen LogP contribution in [0.2, 0.25) is 0 Å². The number of aryl methyl sites for hydroxylation is 1. The molecule has 26 heavy (non-hydrogen) atoms. The number of H-pyrrole nitrogens is 1. The highest BCUT2D eigenvalue weighted by molar-refractivity contribution is 7.89. The van der Waals surface area contributed by atoms with Gasteiger partial charge < -0.3 is 9.88 Å². The van der Waals surface area contributed by atoms with Gasteiger partial charge in [0, 0.05) is 18.0 Å². The number of nitrogens with zero attached hydrogens (tertiary/aromatic N) is 1. The van der Waals surface area contributed by atoms with Crippen LogP contribution in [0, 0.1) is 6.92 Å². The van der Waals surface area contributed by atoms with Crippen LogP contribution in [0.3, 0.4) is 0 Å². The number of aromatic amines is 1. The van der Waals surface area contributed by atoms with Crippen LogP contribution in [0.5, 0.6) is 0 Å². The number of benzene rings is 2. The summed E-state index contributed by atoms with van der Waals surface area (Å²) in [5.74, 6) is -0.137. The van der Waals surface area contributed by atoms with Crippen LogP contribution in [-0.4, -0.2) is 31.3 Å². The average Bonchev–Trinajstić information content (AvgIpc) is 3.02. The normalized spacial score (nSPS) is 12.9. The number of amides is 1. The van der Waals surface area contributed by atoms with E-state index in [2.05, 4.69) is 4.98 Å². The lowest BCUT2D eigenvalue weighted by molar-refractivity contribution is 0.0737. The van der Waals surface area contributed by atoms with E-state index >= 15 is 0 Å². The van der Waals surface area contributed by atoms with E-state index in [4.69, 9.17) is 5.14 Å². The molecule has 0 aliphatic rings. The Labute approximate surface area is 152 Å². The zero-order valence-electron chi connectivity index (χ0n) is 14.9. The van der Waals surface area contributed by atoms with Gasteiger partial charge in [-0.25, -0.2) is 13.6 Å². The molecule has 6 nitrogen and oxygen atoms in total. The lowest BCUT2D eigenvalue weighted by atomic mass is 10.1. The number of sulfonamides is 1. The summed E-state index contributed by atoms with van der Waals surface area (Å²) in [4.78, 5) is 17.6. The first-order valence-corrected chi connectivity index (χ1v) is 9.71. The van der Waals surface area contributed by atoms with E-state index < -0.39 is 10.0 Å². The largest absolute Gasteiger partial charge is 0.351 e. The molecule has 1 aromatic heterocycles. The number of primary sulfonamides is 1. The molecule has 1 heterocycles. The fourth-order valence-electron chi connectivity index (χ4n) is 2.88. The van der Waals surface area contributed by atoms with Gasteiger partial charge in [-0.2, -0.15) is 0 Å². The number of nitrogens with one attached hydrogen (secondary N) is 1. The third-order valence-corrected chi connectivity index (χ3v) is 5.53. The van der Waals surface area contributed by atoms with E-state index in [1.54, 1.807) is 24.1 Å². The predicted octanol–water partition coefficient (Wildman–Crippen LogP) is 2.96. The third kappa shape index (κ3) is 3.49. The maximum atomic E-state index is 12.8. The number of hydrogen-bond donors (Lipinski definition) is 2. The first-order valence-electron chi connectivity index (χ1n) is 8.16. The fraction of sp³-hybridized carbons (Fsp3) is 0.211. The van der Waals surface area contributed by atoms with Crippen molar-refractivity contribution in [3.05, 3.63) is 65.4 Å². The van der Waals surface area contributed by atoms with Gasteiger partial charge >= 0.3 is 0 Å². The SMILES string of the molecule is Cc1ccc2cc(C(=O)N(C)C(C)c3ccc(S(N)(=O)=O)cc3)[nH]c2c1. The van der Waals surface area contributed by atoms with E-state index in [1.165, 1.54) is 12.1 Å². The number of aromatic nitrogens is 1. The summed E-state index contributed by atoms with van der Waals surface area (Å²) in [7, 11) is -2.01. The standard InChI is InChI=1S/C19H21N3O3S/c1-12-4-5-15-11-18(21-17(15)10-12)19(23)22(3)13(2)14-6-8-16(9-7-14)26(20,24)25/h4-11,13,21H,1-3H3,(H2,20,24,25). The summed E-state index contributed by atoms with van der Waals surface area (Å²) >= 11 is 0. The summed E-state index contributed by atoms with van der Waals surface area (Å²) in [5, 5.41) is 6.10. The highest BCUT2D eigenvalue weighted by atomic mass is 32.2. The molecular formula is C19H21N3O3S. The van der Waals surface area contributed by atoms with Gasteiger partial charge in [-0.15, -0.1) is 0 Å². The molecule has 3 rings (SSSR count). The molecule has 0 spiro atoms. The molecule has 1 atom stereocenters. The number of hydrogen-bond acceptors (Lipinski definition) is 3. The summed E-state index contributed by atoms with van der Waals surface area (Å²) < 4.78 is 22.7. The summed E-state index contributed by atoms with van der Waals surface area (Å²) in [6.45, 7) is 3.89. The van der Waals surface area contributed by atoms with Crippen LogP contribution in [0.15, 0.2) is 53.4 Å². The van der Waals surface area contributed by atoms with Gasteiger partial charge in [0.05, 0.1) is 10.9 Å². The molecule has 0 aliphatic heterocycles. The van der Waals surface area contributed by atoms with Crippen molar-refractivity contribution >= 4 is 26.8 Å². The Hall–Kier alpha value is -2.64. The predicted molar refractivity (Wildman–Crippen MR) is 101 cm³/mol. The number of carbonyl (C=O) groups is 1. The van der Waals surface area contributed by atoms with Gasteiger partial charge in [0.15, 0.2) is 0 Å². The molecule has 0 bridgehead atoms. The van der Waals surface area contributed by atoms with Gasteiger partial charge in [-0.1, -0.05) is 24.3 Å². The van der Waals surface area contributed by atoms with Crippen molar-refractivity contribution in [2.75, 3.05) is 7.05 Å². The van der Waals surface area contributed by atoms with Gasteiger partial charge in [-0.05, 0) is 49.2 Å². The van der Waals surface area contributed by atoms with Crippen molar-refractivity contribution in [1.82, 2.24) is 9.88 Å². The number of rotatable bonds is 4. The van der Waals surface area contributed by atoms with Crippen LogP contribution < -0.4 is 5.14 Å². The molecule has 2 aromatic carbocycles. The second-order valence-electron chi connectivity index (χ2n) is 6.48. The third-order valence-electron chi connectivity index (χ3n) is 4.60. The Bertz CT molecular complexity index is 1070. The zero-order valence-corrected chi connectivity index (χ0v) is 15.7. The Balaban J connectivity index is 1.84. The molecule has 0 saturated carbocycles. The molecule has 1 unspecified atom stereocenters. The molecule has 0 saturated heterocycles. The van der Waals surface area contributed by atoms with Crippen molar-refractivity contribution in [3.8, 4) is 0 Å². The maximum Gasteiger partial charge on any atom is 0.270 e. The molecule has 0 fully saturated rings. The van der Waals surface area contributed by atoms with Gasteiger partial charge in [0.2, 0.25) is 10.0 Å². The topological polar surface area (TPSA) is 96.3 Å². The first kappa shape index (κ1) is 18.2. The Morgan fingerprint density at radius 3 is 2.38 bits per heavy atom. The zero-order chi connectivity index (χ0) is 19.1. The highest BCUT2D eigenvalue weighted by Crippen LogP contribution is 2.24. The molecule has 0 aliphatic carbocycles. The van der Waals surface area contributed by atoms with E-state index in [-0.39, 0.29) is 16.8 Å². The lowest BCUT2D eigenvalue weighted by Crippen LogP contribution is -2.29. The highest BCUT2D eigenvalue weighted by Gasteiger charge is 2.21. The van der Waals surface area contributed by atoms with Crippen LogP contribution in [0.4, 0.5) is 0 Å². The summed E-state index contributed by atoms with van der Waals surface area (Å²) in [6, 6.07) is 13.8. The minimum absolute atomic E-state index is 0.0495. The Morgan fingerprint density at radius 1 is 1.12 bits per heavy atom. The molecule has 136 valence electrons. The van der Waals surface area contributed by atoms with Gasteiger partial charge in [0.1, 0.15) is 5.69 Å². The quantitative estimate of drug-likeness (QED) is 0.738. The smallest absolute Gasteiger partial charge is 0.270 e. The molecule has 7 heteroatoms. The van der Waals surface area contributed by atoms with E-state index in [0.717, 1.165) is 22.0 Å². The monoisotopic (exact) mass is 371 g/mol. The van der Waals surface area contributed by atoms with Crippen molar-refractivity contribution in [3.63, 3.8) is 0 Å².